The standard InChI is InChI=1S/C18H26N4O3S/c1-26(24,25)13-18(23)17-10-16-12-21(8-9-22(16)20-17)11-15-4-2-14(3-5-15)6-7-19/h2-5,10,18,23H,6-9,11-13,19H2,1H3/t18-/m0/s1. The molecule has 1 aromatic carbocycles. The molecule has 0 bridgehead atoms. The smallest absolute Gasteiger partial charge is 0.150 e. The van der Waals surface area contributed by atoms with E-state index in [2.05, 4.69) is 34.3 Å². The van der Waals surface area contributed by atoms with E-state index in [1.807, 2.05) is 10.7 Å². The van der Waals surface area contributed by atoms with E-state index >= 15 is 0 Å². The van der Waals surface area contributed by atoms with Gasteiger partial charge in [0.25, 0.3) is 0 Å². The Bertz CT molecular complexity index is 846. The Morgan fingerprint density at radius 3 is 2.58 bits per heavy atom. The Morgan fingerprint density at radius 2 is 1.92 bits per heavy atom. The molecular weight excluding hydrogens is 352 g/mol. The number of aliphatic hydroxyl groups excluding tert-OH is 1. The molecule has 142 valence electrons. The van der Waals surface area contributed by atoms with Crippen LogP contribution in [0.25, 0.3) is 0 Å². The fourth-order valence-electron chi connectivity index (χ4n) is 3.25. The molecule has 3 rings (SSSR count). The summed E-state index contributed by atoms with van der Waals surface area (Å²) in [4.78, 5) is 2.32. The molecule has 26 heavy (non-hydrogen) atoms. The zero-order chi connectivity index (χ0) is 18.7. The number of aromatic nitrogens is 2. The lowest BCUT2D eigenvalue weighted by Crippen LogP contribution is -2.33. The highest BCUT2D eigenvalue weighted by Crippen LogP contribution is 2.20. The van der Waals surface area contributed by atoms with E-state index in [-0.39, 0.29) is 5.75 Å². The van der Waals surface area contributed by atoms with Crippen LogP contribution < -0.4 is 5.73 Å². The number of hydrogen-bond donors (Lipinski definition) is 2. The summed E-state index contributed by atoms with van der Waals surface area (Å²) in [5.74, 6) is -0.303. The third kappa shape index (κ3) is 4.91. The van der Waals surface area contributed by atoms with Gasteiger partial charge in [0.1, 0.15) is 15.9 Å². The number of aliphatic hydroxyl groups is 1. The Hall–Kier alpha value is -1.74. The molecule has 0 radical (unpaired) electrons. The van der Waals surface area contributed by atoms with Crippen LogP contribution in [0.15, 0.2) is 30.3 Å². The Kier molecular flexibility index (Phi) is 5.76. The summed E-state index contributed by atoms with van der Waals surface area (Å²) < 4.78 is 24.6. The molecule has 8 heteroatoms. The van der Waals surface area contributed by atoms with Gasteiger partial charge >= 0.3 is 0 Å². The van der Waals surface area contributed by atoms with Crippen LogP contribution in [0, 0.1) is 0 Å². The molecule has 7 nitrogen and oxygen atoms in total. The van der Waals surface area contributed by atoms with Crippen molar-refractivity contribution >= 4 is 9.84 Å². The Morgan fingerprint density at radius 1 is 1.23 bits per heavy atom. The average Bonchev–Trinajstić information content (AvgIpc) is 2.99. The molecule has 0 unspecified atom stereocenters. The molecule has 2 heterocycles. The summed E-state index contributed by atoms with van der Waals surface area (Å²) in [6, 6.07) is 10.3. The van der Waals surface area contributed by atoms with Gasteiger partial charge < -0.3 is 10.8 Å². The maximum atomic E-state index is 11.4. The van der Waals surface area contributed by atoms with Crippen molar-refractivity contribution in [2.45, 2.75) is 32.2 Å². The quantitative estimate of drug-likeness (QED) is 0.727. The van der Waals surface area contributed by atoms with Gasteiger partial charge in [0.2, 0.25) is 0 Å². The zero-order valence-corrected chi connectivity index (χ0v) is 15.8. The van der Waals surface area contributed by atoms with Crippen LogP contribution >= 0.6 is 0 Å². The van der Waals surface area contributed by atoms with Crippen molar-refractivity contribution in [3.05, 3.63) is 52.8 Å². The second kappa shape index (κ2) is 7.87. The van der Waals surface area contributed by atoms with Gasteiger partial charge in [-0.1, -0.05) is 24.3 Å². The number of nitrogens with two attached hydrogens (primary N) is 1. The Labute approximate surface area is 154 Å². The molecule has 1 aromatic heterocycles. The van der Waals surface area contributed by atoms with E-state index in [4.69, 9.17) is 5.73 Å². The maximum Gasteiger partial charge on any atom is 0.150 e. The van der Waals surface area contributed by atoms with Crippen molar-refractivity contribution < 1.29 is 13.5 Å². The lowest BCUT2D eigenvalue weighted by atomic mass is 10.1. The number of nitrogens with zero attached hydrogens (tertiary/aromatic N) is 3. The third-order valence-electron chi connectivity index (χ3n) is 4.56. The molecule has 2 aromatic rings. The monoisotopic (exact) mass is 378 g/mol. The van der Waals surface area contributed by atoms with Gasteiger partial charge in [-0.3, -0.25) is 9.58 Å². The molecule has 0 saturated carbocycles. The topological polar surface area (TPSA) is 101 Å². The van der Waals surface area contributed by atoms with Crippen molar-refractivity contribution in [3.8, 4) is 0 Å². The molecule has 3 N–H and O–H groups in total. The largest absolute Gasteiger partial charge is 0.386 e. The summed E-state index contributed by atoms with van der Waals surface area (Å²) in [7, 11) is -3.25. The first-order chi connectivity index (χ1) is 12.3. The number of fused-ring (bicyclic) bond motifs is 1. The molecular formula is C18H26N4O3S. The first-order valence-corrected chi connectivity index (χ1v) is 10.8. The molecule has 0 amide bonds. The van der Waals surface area contributed by atoms with E-state index in [0.717, 1.165) is 44.5 Å². The van der Waals surface area contributed by atoms with E-state index in [1.165, 1.54) is 11.1 Å². The highest BCUT2D eigenvalue weighted by molar-refractivity contribution is 7.90. The molecule has 1 aliphatic rings. The van der Waals surface area contributed by atoms with Crippen LogP contribution in [0.2, 0.25) is 0 Å². The summed E-state index contributed by atoms with van der Waals surface area (Å²) in [5, 5.41) is 14.5. The number of rotatable bonds is 7. The number of hydrogen-bond acceptors (Lipinski definition) is 6. The molecule has 0 aliphatic carbocycles. The molecule has 0 spiro atoms. The second-order valence-corrected chi connectivity index (χ2v) is 9.14. The van der Waals surface area contributed by atoms with Crippen LogP contribution in [0.5, 0.6) is 0 Å². The molecule has 1 aliphatic heterocycles. The van der Waals surface area contributed by atoms with Crippen molar-refractivity contribution in [1.82, 2.24) is 14.7 Å². The summed E-state index contributed by atoms with van der Waals surface area (Å²) in [6.45, 7) is 3.81. The van der Waals surface area contributed by atoms with E-state index in [0.29, 0.717) is 12.2 Å². The second-order valence-electron chi connectivity index (χ2n) is 6.96. The zero-order valence-electron chi connectivity index (χ0n) is 15.0. The predicted octanol–water partition coefficient (Wildman–Crippen LogP) is 0.478. The Balaban J connectivity index is 1.64. The van der Waals surface area contributed by atoms with Crippen LogP contribution in [0.1, 0.15) is 28.6 Å². The minimum atomic E-state index is -3.25. The van der Waals surface area contributed by atoms with E-state index < -0.39 is 15.9 Å². The molecule has 1 atom stereocenters. The summed E-state index contributed by atoms with van der Waals surface area (Å²) in [6.07, 6.45) is 0.931. The van der Waals surface area contributed by atoms with Crippen LogP contribution in [-0.4, -0.2) is 53.3 Å². The van der Waals surface area contributed by atoms with Gasteiger partial charge in [0, 0.05) is 25.9 Å². The SMILES string of the molecule is CS(=O)(=O)C[C@H](O)c1cc2n(n1)CCN(Cc1ccc(CCN)cc1)C2. The molecule has 0 saturated heterocycles. The lowest BCUT2D eigenvalue weighted by molar-refractivity contribution is 0.191. The van der Waals surface area contributed by atoms with Gasteiger partial charge in [-0.2, -0.15) is 5.10 Å². The molecule has 0 fully saturated rings. The van der Waals surface area contributed by atoms with Gasteiger partial charge in [-0.05, 0) is 30.2 Å². The van der Waals surface area contributed by atoms with Crippen molar-refractivity contribution in [2.24, 2.45) is 5.73 Å². The average molecular weight is 378 g/mol. The summed E-state index contributed by atoms with van der Waals surface area (Å²) >= 11 is 0. The normalized spacial score (nSPS) is 16.4. The minimum absolute atomic E-state index is 0.303. The van der Waals surface area contributed by atoms with E-state index in [9.17, 15) is 13.5 Å². The first kappa shape index (κ1) is 19.0. The van der Waals surface area contributed by atoms with E-state index in [1.54, 1.807) is 0 Å². The van der Waals surface area contributed by atoms with Crippen LogP contribution in [-0.2, 0) is 35.9 Å². The van der Waals surface area contributed by atoms with Gasteiger partial charge in [-0.25, -0.2) is 8.42 Å². The number of sulfone groups is 1. The van der Waals surface area contributed by atoms with Crippen LogP contribution in [0.3, 0.4) is 0 Å². The van der Waals surface area contributed by atoms with Crippen LogP contribution in [0.4, 0.5) is 0 Å². The van der Waals surface area contributed by atoms with Crippen molar-refractivity contribution in [1.29, 1.82) is 0 Å². The fraction of sp³-hybridized carbons (Fsp3) is 0.500. The fourth-order valence-corrected chi connectivity index (χ4v) is 3.99. The van der Waals surface area contributed by atoms with Gasteiger partial charge in [0.05, 0.1) is 23.7 Å². The van der Waals surface area contributed by atoms with Gasteiger partial charge in [-0.15, -0.1) is 0 Å². The minimum Gasteiger partial charge on any atom is -0.386 e. The van der Waals surface area contributed by atoms with Gasteiger partial charge in [0.15, 0.2) is 0 Å². The lowest BCUT2D eigenvalue weighted by Gasteiger charge is -2.27. The third-order valence-corrected chi connectivity index (χ3v) is 5.48. The van der Waals surface area contributed by atoms with Crippen molar-refractivity contribution in [3.63, 3.8) is 0 Å². The highest BCUT2D eigenvalue weighted by atomic mass is 32.2. The number of benzene rings is 1. The summed E-state index contributed by atoms with van der Waals surface area (Å²) in [5.41, 5.74) is 9.50. The predicted molar refractivity (Wildman–Crippen MR) is 100 cm³/mol. The maximum absolute atomic E-state index is 11.4. The highest BCUT2D eigenvalue weighted by Gasteiger charge is 2.23. The first-order valence-electron chi connectivity index (χ1n) is 8.77. The van der Waals surface area contributed by atoms with Crippen molar-refractivity contribution in [2.75, 3.05) is 25.1 Å².